The lowest BCUT2D eigenvalue weighted by Gasteiger charge is -2.32. The Morgan fingerprint density at radius 1 is 1.21 bits per heavy atom. The molecular weight excluding hydrogens is 395 g/mol. The van der Waals surface area contributed by atoms with Crippen LogP contribution in [-0.2, 0) is 28.6 Å². The van der Waals surface area contributed by atoms with Gasteiger partial charge in [-0.2, -0.15) is 13.2 Å². The lowest BCUT2D eigenvalue weighted by atomic mass is 9.78. The van der Waals surface area contributed by atoms with Gasteiger partial charge in [-0.1, -0.05) is 6.58 Å². The van der Waals surface area contributed by atoms with Gasteiger partial charge in [0.05, 0.1) is 11.8 Å². The maximum Gasteiger partial charge on any atom is 0.431 e. The summed E-state index contributed by atoms with van der Waals surface area (Å²) < 4.78 is 80.0. The quantitative estimate of drug-likeness (QED) is 0.299. The molecule has 1 heterocycles. The van der Waals surface area contributed by atoms with Crippen LogP contribution in [0.25, 0.3) is 0 Å². The predicted molar refractivity (Wildman–Crippen MR) is 79.7 cm³/mol. The molecule has 3 fully saturated rings. The zero-order chi connectivity index (χ0) is 21.2. The van der Waals surface area contributed by atoms with Gasteiger partial charge in [-0.05, 0) is 13.3 Å². The number of hydrogen-bond acceptors (Lipinski definition) is 6. The predicted octanol–water partition coefficient (Wildman–Crippen LogP) is 2.41. The van der Waals surface area contributed by atoms with Crippen molar-refractivity contribution in [2.24, 2.45) is 23.7 Å². The van der Waals surface area contributed by atoms with Gasteiger partial charge >= 0.3 is 24.1 Å². The van der Waals surface area contributed by atoms with Crippen molar-refractivity contribution in [1.29, 1.82) is 0 Å². The molecule has 156 valence electrons. The lowest BCUT2D eigenvalue weighted by molar-refractivity contribution is -0.275. The number of alkyl halides is 5. The molecule has 3 aliphatic rings. The van der Waals surface area contributed by atoms with Crippen LogP contribution in [0.2, 0.25) is 0 Å². The fraction of sp³-hybridized carbons (Fsp3) is 0.706. The van der Waals surface area contributed by atoms with Crippen LogP contribution in [0.5, 0.6) is 0 Å². The summed E-state index contributed by atoms with van der Waals surface area (Å²) in [6.45, 7) is 4.75. The normalized spacial score (nSPS) is 34.8. The summed E-state index contributed by atoms with van der Waals surface area (Å²) in [5, 5.41) is 0. The van der Waals surface area contributed by atoms with E-state index < -0.39 is 72.0 Å². The van der Waals surface area contributed by atoms with E-state index in [2.05, 4.69) is 11.3 Å². The number of rotatable bonds is 5. The van der Waals surface area contributed by atoms with E-state index in [9.17, 15) is 36.3 Å². The zero-order valence-electron chi connectivity index (χ0n) is 14.8. The molecule has 0 spiro atoms. The molecule has 1 saturated heterocycles. The molecule has 2 saturated carbocycles. The molecule has 0 aromatic rings. The number of ether oxygens (including phenoxy) is 3. The molecule has 2 aliphatic carbocycles. The van der Waals surface area contributed by atoms with Crippen LogP contribution in [0.4, 0.5) is 22.0 Å². The first-order chi connectivity index (χ1) is 12.7. The van der Waals surface area contributed by atoms with Crippen molar-refractivity contribution in [3.05, 3.63) is 12.2 Å². The first kappa shape index (κ1) is 20.5. The summed E-state index contributed by atoms with van der Waals surface area (Å²) in [6, 6.07) is 0. The molecule has 0 amide bonds. The first-order valence-electron chi connectivity index (χ1n) is 8.45. The van der Waals surface area contributed by atoms with Crippen molar-refractivity contribution >= 4 is 17.9 Å². The Morgan fingerprint density at radius 3 is 2.32 bits per heavy atom. The molecule has 1 aliphatic heterocycles. The molecular formula is C17H17F5O6. The largest absolute Gasteiger partial charge is 0.458 e. The minimum atomic E-state index is -5.50. The molecule has 3 rings (SSSR count). The maximum absolute atomic E-state index is 13.4. The van der Waals surface area contributed by atoms with E-state index in [-0.39, 0.29) is 18.9 Å². The fourth-order valence-electron chi connectivity index (χ4n) is 4.35. The highest BCUT2D eigenvalue weighted by Gasteiger charge is 2.71. The standard InChI is InChI=1S/C17H17F5O6/c1-5(2)12(23)26-10-7-4-6-8(13(24)27-11(6)10)9(7)14(25)28-15(16(3,18)19)17(20,21)22/h6-11,15H,1,4H2,2-3H3. The Kier molecular flexibility index (Phi) is 4.70. The summed E-state index contributed by atoms with van der Waals surface area (Å²) in [7, 11) is 0. The van der Waals surface area contributed by atoms with Crippen molar-refractivity contribution < 1.29 is 50.5 Å². The van der Waals surface area contributed by atoms with Gasteiger partial charge in [-0.3, -0.25) is 9.59 Å². The number of halogens is 5. The average Bonchev–Trinajstić information content (AvgIpc) is 3.13. The third-order valence-corrected chi connectivity index (χ3v) is 5.40. The topological polar surface area (TPSA) is 78.9 Å². The molecule has 0 radical (unpaired) electrons. The average molecular weight is 412 g/mol. The SMILES string of the molecule is C=C(C)C(=O)OC1C2CC3C1OC(=O)C3C2C(=O)OC(C(C)(F)F)C(F)(F)F. The van der Waals surface area contributed by atoms with E-state index in [1.54, 1.807) is 0 Å². The van der Waals surface area contributed by atoms with Gasteiger partial charge < -0.3 is 14.2 Å². The van der Waals surface area contributed by atoms with Crippen LogP contribution in [0.15, 0.2) is 12.2 Å². The monoisotopic (exact) mass is 412 g/mol. The van der Waals surface area contributed by atoms with E-state index in [0.717, 1.165) is 0 Å². The summed E-state index contributed by atoms with van der Waals surface area (Å²) in [5.41, 5.74) is 0.0329. The second kappa shape index (κ2) is 6.41. The number of fused-ring (bicyclic) bond motifs is 1. The van der Waals surface area contributed by atoms with Gasteiger partial charge in [0.2, 0.25) is 0 Å². The van der Waals surface area contributed by atoms with E-state index in [0.29, 0.717) is 0 Å². The molecule has 28 heavy (non-hydrogen) atoms. The van der Waals surface area contributed by atoms with E-state index in [1.807, 2.05) is 0 Å². The second-order valence-corrected chi connectivity index (χ2v) is 7.48. The van der Waals surface area contributed by atoms with Crippen LogP contribution < -0.4 is 0 Å². The molecule has 0 aromatic carbocycles. The smallest absolute Gasteiger partial charge is 0.431 e. The minimum absolute atomic E-state index is 0.0173. The second-order valence-electron chi connectivity index (χ2n) is 7.48. The minimum Gasteiger partial charge on any atom is -0.458 e. The summed E-state index contributed by atoms with van der Waals surface area (Å²) in [5.74, 6) is -11.7. The maximum atomic E-state index is 13.4. The Bertz CT molecular complexity index is 713. The van der Waals surface area contributed by atoms with E-state index >= 15 is 0 Å². The number of carbonyl (C=O) groups is 3. The number of hydrogen-bond donors (Lipinski definition) is 0. The van der Waals surface area contributed by atoms with Crippen molar-refractivity contribution in [2.75, 3.05) is 0 Å². The van der Waals surface area contributed by atoms with Gasteiger partial charge in [-0.15, -0.1) is 0 Å². The first-order valence-corrected chi connectivity index (χ1v) is 8.45. The number of carbonyl (C=O) groups excluding carboxylic acids is 3. The highest BCUT2D eigenvalue weighted by molar-refractivity contribution is 5.88. The van der Waals surface area contributed by atoms with Crippen LogP contribution in [-0.4, -0.2) is 48.3 Å². The highest BCUT2D eigenvalue weighted by Crippen LogP contribution is 2.59. The highest BCUT2D eigenvalue weighted by atomic mass is 19.4. The third kappa shape index (κ3) is 3.24. The Hall–Kier alpha value is -2.20. The fourth-order valence-corrected chi connectivity index (χ4v) is 4.35. The molecule has 7 unspecified atom stereocenters. The molecule has 0 N–H and O–H groups in total. The van der Waals surface area contributed by atoms with Gasteiger partial charge in [0, 0.05) is 24.3 Å². The Balaban J connectivity index is 1.85. The third-order valence-electron chi connectivity index (χ3n) is 5.40. The van der Waals surface area contributed by atoms with Crippen molar-refractivity contribution in [2.45, 2.75) is 50.7 Å². The van der Waals surface area contributed by atoms with Crippen molar-refractivity contribution in [3.8, 4) is 0 Å². The van der Waals surface area contributed by atoms with Crippen molar-refractivity contribution in [3.63, 3.8) is 0 Å². The van der Waals surface area contributed by atoms with Gasteiger partial charge in [0.1, 0.15) is 12.2 Å². The molecule has 2 bridgehead atoms. The summed E-state index contributed by atoms with van der Waals surface area (Å²) in [6.07, 6.45) is -10.9. The van der Waals surface area contributed by atoms with E-state index in [1.165, 1.54) is 6.92 Å². The van der Waals surface area contributed by atoms with Gasteiger partial charge in [0.15, 0.2) is 0 Å². The van der Waals surface area contributed by atoms with Crippen LogP contribution in [0.1, 0.15) is 20.3 Å². The number of esters is 3. The van der Waals surface area contributed by atoms with Crippen LogP contribution >= 0.6 is 0 Å². The molecule has 7 atom stereocenters. The lowest BCUT2D eigenvalue weighted by Crippen LogP contribution is -2.50. The van der Waals surface area contributed by atoms with Crippen LogP contribution in [0.3, 0.4) is 0 Å². The molecule has 6 nitrogen and oxygen atoms in total. The Labute approximate surface area is 156 Å². The van der Waals surface area contributed by atoms with Gasteiger partial charge in [-0.25, -0.2) is 13.6 Å². The van der Waals surface area contributed by atoms with E-state index in [4.69, 9.17) is 9.47 Å². The van der Waals surface area contributed by atoms with Crippen molar-refractivity contribution in [1.82, 2.24) is 0 Å². The summed E-state index contributed by atoms with van der Waals surface area (Å²) in [4.78, 5) is 36.3. The molecule has 11 heteroatoms. The molecule has 0 aromatic heterocycles. The zero-order valence-corrected chi connectivity index (χ0v) is 14.8. The summed E-state index contributed by atoms with van der Waals surface area (Å²) >= 11 is 0. The van der Waals surface area contributed by atoms with Crippen LogP contribution in [0, 0.1) is 23.7 Å². The Morgan fingerprint density at radius 2 is 1.82 bits per heavy atom. The van der Waals surface area contributed by atoms with Gasteiger partial charge in [0.25, 0.3) is 12.0 Å².